The van der Waals surface area contributed by atoms with Gasteiger partial charge in [-0.05, 0) is 38.0 Å². The lowest BCUT2D eigenvalue weighted by Crippen LogP contribution is -2.42. The third-order valence-electron chi connectivity index (χ3n) is 3.44. The summed E-state index contributed by atoms with van der Waals surface area (Å²) < 4.78 is 32.3. The predicted octanol–water partition coefficient (Wildman–Crippen LogP) is 2.41. The molecule has 0 aromatic heterocycles. The van der Waals surface area contributed by atoms with Crippen molar-refractivity contribution in [3.63, 3.8) is 0 Å². The van der Waals surface area contributed by atoms with Crippen LogP contribution < -0.4 is 0 Å². The number of carbonyl (C=O) groups excluding carboxylic acids is 1. The highest BCUT2D eigenvalue weighted by atomic mass is 79.9. The van der Waals surface area contributed by atoms with Gasteiger partial charge in [0.15, 0.2) is 0 Å². The number of carbonyl (C=O) groups is 1. The van der Waals surface area contributed by atoms with Crippen LogP contribution in [0, 0.1) is 5.92 Å². The number of esters is 1. The van der Waals surface area contributed by atoms with Gasteiger partial charge in [-0.15, -0.1) is 0 Å². The minimum atomic E-state index is -3.57. The molecule has 21 heavy (non-hydrogen) atoms. The first kappa shape index (κ1) is 16.5. The van der Waals surface area contributed by atoms with E-state index in [2.05, 4.69) is 15.9 Å². The standard InChI is InChI=1S/C14H18BrNO4S/c1-2-20-14(17)11-5-4-8-16(10-11)21(18,19)13-7-3-6-12(15)9-13/h3,6-7,9,11H,2,4-5,8,10H2,1H3/t11-/m0/s1. The van der Waals surface area contributed by atoms with Crippen molar-refractivity contribution in [1.82, 2.24) is 4.31 Å². The monoisotopic (exact) mass is 375 g/mol. The second-order valence-corrected chi connectivity index (χ2v) is 7.77. The minimum Gasteiger partial charge on any atom is -0.466 e. The van der Waals surface area contributed by atoms with Crippen LogP contribution >= 0.6 is 15.9 Å². The number of hydrogen-bond donors (Lipinski definition) is 0. The molecular formula is C14H18BrNO4S. The average molecular weight is 376 g/mol. The zero-order valence-corrected chi connectivity index (χ0v) is 14.2. The Bertz CT molecular complexity index is 617. The highest BCUT2D eigenvalue weighted by Gasteiger charge is 2.33. The first-order chi connectivity index (χ1) is 9.95. The number of ether oxygens (including phenoxy) is 1. The van der Waals surface area contributed by atoms with Gasteiger partial charge in [0, 0.05) is 17.6 Å². The summed E-state index contributed by atoms with van der Waals surface area (Å²) in [5, 5.41) is 0. The van der Waals surface area contributed by atoms with Crippen LogP contribution in [-0.4, -0.2) is 38.4 Å². The zero-order chi connectivity index (χ0) is 15.5. The Kier molecular flexibility index (Phi) is 5.40. The van der Waals surface area contributed by atoms with Crippen molar-refractivity contribution in [2.45, 2.75) is 24.7 Å². The number of sulfonamides is 1. The maximum absolute atomic E-state index is 12.6. The number of benzene rings is 1. The highest BCUT2D eigenvalue weighted by Crippen LogP contribution is 2.25. The summed E-state index contributed by atoms with van der Waals surface area (Å²) in [7, 11) is -3.57. The van der Waals surface area contributed by atoms with Crippen LogP contribution in [0.4, 0.5) is 0 Å². The summed E-state index contributed by atoms with van der Waals surface area (Å²) in [5.74, 6) is -0.688. The van der Waals surface area contributed by atoms with E-state index in [0.29, 0.717) is 30.5 Å². The molecule has 0 N–H and O–H groups in total. The highest BCUT2D eigenvalue weighted by molar-refractivity contribution is 9.10. The summed E-state index contributed by atoms with van der Waals surface area (Å²) in [6, 6.07) is 6.60. The molecule has 1 aliphatic heterocycles. The largest absolute Gasteiger partial charge is 0.466 e. The average Bonchev–Trinajstić information content (AvgIpc) is 2.47. The van der Waals surface area contributed by atoms with Crippen molar-refractivity contribution in [3.8, 4) is 0 Å². The van der Waals surface area contributed by atoms with Gasteiger partial charge in [-0.3, -0.25) is 4.79 Å². The molecule has 116 valence electrons. The number of rotatable bonds is 4. The lowest BCUT2D eigenvalue weighted by molar-refractivity contribution is -0.149. The molecule has 1 heterocycles. The Labute approximate surface area is 133 Å². The van der Waals surface area contributed by atoms with Gasteiger partial charge in [0.25, 0.3) is 0 Å². The molecule has 0 bridgehead atoms. The van der Waals surface area contributed by atoms with Crippen molar-refractivity contribution in [1.29, 1.82) is 0 Å². The van der Waals surface area contributed by atoms with E-state index >= 15 is 0 Å². The Morgan fingerprint density at radius 1 is 1.48 bits per heavy atom. The third kappa shape index (κ3) is 3.84. The molecule has 0 saturated carbocycles. The molecule has 5 nitrogen and oxygen atoms in total. The molecule has 1 aliphatic rings. The molecule has 0 spiro atoms. The molecule has 0 radical (unpaired) electrons. The molecule has 0 unspecified atom stereocenters. The number of hydrogen-bond acceptors (Lipinski definition) is 4. The third-order valence-corrected chi connectivity index (χ3v) is 5.79. The zero-order valence-electron chi connectivity index (χ0n) is 11.8. The molecule has 0 aliphatic carbocycles. The summed E-state index contributed by atoms with van der Waals surface area (Å²) in [6.45, 7) is 2.68. The minimum absolute atomic E-state index is 0.188. The van der Waals surface area contributed by atoms with Gasteiger partial charge in [0.1, 0.15) is 0 Å². The van der Waals surface area contributed by atoms with Crippen molar-refractivity contribution in [2.24, 2.45) is 5.92 Å². The van der Waals surface area contributed by atoms with Gasteiger partial charge in [-0.2, -0.15) is 4.31 Å². The lowest BCUT2D eigenvalue weighted by atomic mass is 10.0. The number of halogens is 1. The van der Waals surface area contributed by atoms with E-state index in [9.17, 15) is 13.2 Å². The fourth-order valence-electron chi connectivity index (χ4n) is 2.39. The van der Waals surface area contributed by atoms with E-state index in [1.807, 2.05) is 0 Å². The Morgan fingerprint density at radius 3 is 2.90 bits per heavy atom. The molecule has 1 fully saturated rings. The Hall–Kier alpha value is -0.920. The normalized spacial score (nSPS) is 20.2. The number of nitrogens with zero attached hydrogens (tertiary/aromatic N) is 1. The predicted molar refractivity (Wildman–Crippen MR) is 82.3 cm³/mol. The van der Waals surface area contributed by atoms with Crippen LogP contribution in [0.3, 0.4) is 0 Å². The smallest absolute Gasteiger partial charge is 0.310 e. The van der Waals surface area contributed by atoms with Crippen LogP contribution in [-0.2, 0) is 19.6 Å². The van der Waals surface area contributed by atoms with Crippen molar-refractivity contribution < 1.29 is 17.9 Å². The topological polar surface area (TPSA) is 63.7 Å². The molecule has 1 aromatic carbocycles. The van der Waals surface area contributed by atoms with E-state index in [1.165, 1.54) is 4.31 Å². The van der Waals surface area contributed by atoms with E-state index < -0.39 is 10.0 Å². The van der Waals surface area contributed by atoms with Crippen LogP contribution in [0.1, 0.15) is 19.8 Å². The maximum Gasteiger partial charge on any atom is 0.310 e. The molecule has 7 heteroatoms. The quantitative estimate of drug-likeness (QED) is 0.758. The van der Waals surface area contributed by atoms with Crippen molar-refractivity contribution in [3.05, 3.63) is 28.7 Å². The first-order valence-corrected chi connectivity index (χ1v) is 9.11. The van der Waals surface area contributed by atoms with E-state index in [0.717, 1.165) is 0 Å². The molecule has 1 aromatic rings. The fraction of sp³-hybridized carbons (Fsp3) is 0.500. The molecule has 0 amide bonds. The molecule has 2 rings (SSSR count). The summed E-state index contributed by atoms with van der Waals surface area (Å²) >= 11 is 3.28. The first-order valence-electron chi connectivity index (χ1n) is 6.87. The van der Waals surface area contributed by atoms with Crippen molar-refractivity contribution in [2.75, 3.05) is 19.7 Å². The van der Waals surface area contributed by atoms with Crippen LogP contribution in [0.15, 0.2) is 33.6 Å². The maximum atomic E-state index is 12.6. The van der Waals surface area contributed by atoms with Gasteiger partial charge in [-0.1, -0.05) is 22.0 Å². The fourth-order valence-corrected chi connectivity index (χ4v) is 4.51. The van der Waals surface area contributed by atoms with E-state index in [1.54, 1.807) is 31.2 Å². The number of piperidine rings is 1. The van der Waals surface area contributed by atoms with Crippen LogP contribution in [0.25, 0.3) is 0 Å². The van der Waals surface area contributed by atoms with Crippen LogP contribution in [0.5, 0.6) is 0 Å². The van der Waals surface area contributed by atoms with E-state index in [4.69, 9.17) is 4.74 Å². The summed E-state index contributed by atoms with van der Waals surface area (Å²) in [4.78, 5) is 12.0. The van der Waals surface area contributed by atoms with Gasteiger partial charge in [0.2, 0.25) is 10.0 Å². The van der Waals surface area contributed by atoms with Crippen LogP contribution in [0.2, 0.25) is 0 Å². The lowest BCUT2D eigenvalue weighted by Gasteiger charge is -2.30. The van der Waals surface area contributed by atoms with Gasteiger partial charge < -0.3 is 4.74 Å². The molecule has 1 saturated heterocycles. The summed E-state index contributed by atoms with van der Waals surface area (Å²) in [6.07, 6.45) is 1.33. The van der Waals surface area contributed by atoms with Gasteiger partial charge in [0.05, 0.1) is 17.4 Å². The van der Waals surface area contributed by atoms with Gasteiger partial charge in [-0.25, -0.2) is 8.42 Å². The van der Waals surface area contributed by atoms with E-state index in [-0.39, 0.29) is 23.3 Å². The Balaban J connectivity index is 2.18. The molecule has 1 atom stereocenters. The SMILES string of the molecule is CCOC(=O)[C@H]1CCCN(S(=O)(=O)c2cccc(Br)c2)C1. The summed E-state index contributed by atoms with van der Waals surface area (Å²) in [5.41, 5.74) is 0. The van der Waals surface area contributed by atoms with Crippen molar-refractivity contribution >= 4 is 31.9 Å². The van der Waals surface area contributed by atoms with Gasteiger partial charge >= 0.3 is 5.97 Å². The Morgan fingerprint density at radius 2 is 2.24 bits per heavy atom. The second kappa shape index (κ2) is 6.89. The molecular weight excluding hydrogens is 358 g/mol. The second-order valence-electron chi connectivity index (χ2n) is 4.91.